The van der Waals surface area contributed by atoms with E-state index in [0.29, 0.717) is 17.2 Å². The number of phenolic OH excluding ortho intramolecular Hbond substituents is 1. The van der Waals surface area contributed by atoms with Crippen molar-refractivity contribution in [3.63, 3.8) is 0 Å². The third kappa shape index (κ3) is 4.63. The van der Waals surface area contributed by atoms with Crippen LogP contribution < -0.4 is 10.3 Å². The minimum absolute atomic E-state index is 0.0938. The van der Waals surface area contributed by atoms with Gasteiger partial charge in [0, 0.05) is 24.2 Å². The molecule has 1 aliphatic rings. The zero-order chi connectivity index (χ0) is 20.8. The number of carbonyl (C=O) groups is 1. The monoisotopic (exact) mass is 401 g/mol. The fourth-order valence-corrected chi connectivity index (χ4v) is 3.36. The number of amides is 1. The van der Waals surface area contributed by atoms with Gasteiger partial charge in [0.2, 0.25) is 5.95 Å². The Labute approximate surface area is 175 Å². The van der Waals surface area contributed by atoms with E-state index >= 15 is 0 Å². The number of hydrogen-bond donors (Lipinski definition) is 2. The predicted octanol–water partition coefficient (Wildman–Crippen LogP) is 3.60. The number of anilines is 1. The molecule has 7 nitrogen and oxygen atoms in total. The first-order valence-electron chi connectivity index (χ1n) is 10.0. The molecule has 2 heterocycles. The Morgan fingerprint density at radius 2 is 1.73 bits per heavy atom. The molecule has 1 amide bonds. The van der Waals surface area contributed by atoms with Crippen LogP contribution in [-0.4, -0.2) is 40.3 Å². The predicted molar refractivity (Wildman–Crippen MR) is 117 cm³/mol. The number of hydrazone groups is 1. The quantitative estimate of drug-likeness (QED) is 0.504. The lowest BCUT2D eigenvalue weighted by Crippen LogP contribution is -2.32. The van der Waals surface area contributed by atoms with Gasteiger partial charge in [0.25, 0.3) is 5.91 Å². The number of nitrogens with one attached hydrogen (secondary N) is 1. The first kappa shape index (κ1) is 19.6. The van der Waals surface area contributed by atoms with Gasteiger partial charge in [-0.05, 0) is 37.5 Å². The Bertz CT molecular complexity index is 1050. The molecule has 4 rings (SSSR count). The van der Waals surface area contributed by atoms with Gasteiger partial charge >= 0.3 is 0 Å². The molecule has 0 atom stereocenters. The second kappa shape index (κ2) is 9.17. The number of aromatic hydroxyl groups is 1. The van der Waals surface area contributed by atoms with Crippen LogP contribution in [0.3, 0.4) is 0 Å². The average Bonchev–Trinajstić information content (AvgIpc) is 2.81. The van der Waals surface area contributed by atoms with E-state index in [2.05, 4.69) is 20.4 Å². The molecule has 1 fully saturated rings. The summed E-state index contributed by atoms with van der Waals surface area (Å²) in [5.41, 5.74) is 4.87. The molecule has 1 aliphatic heterocycles. The van der Waals surface area contributed by atoms with Gasteiger partial charge in [-0.15, -0.1) is 0 Å². The maximum Gasteiger partial charge on any atom is 0.290 e. The molecule has 2 N–H and O–H groups in total. The minimum atomic E-state index is -0.431. The Morgan fingerprint density at radius 3 is 2.50 bits per heavy atom. The van der Waals surface area contributed by atoms with Crippen LogP contribution in [0.2, 0.25) is 0 Å². The van der Waals surface area contributed by atoms with Crippen molar-refractivity contribution in [2.24, 2.45) is 5.10 Å². The summed E-state index contributed by atoms with van der Waals surface area (Å²) in [5, 5.41) is 13.8. The van der Waals surface area contributed by atoms with Gasteiger partial charge in [0.1, 0.15) is 11.4 Å². The summed E-state index contributed by atoms with van der Waals surface area (Å²) in [7, 11) is 0. The lowest BCUT2D eigenvalue weighted by molar-refractivity contribution is 0.0950. The first-order valence-corrected chi connectivity index (χ1v) is 10.0. The van der Waals surface area contributed by atoms with Crippen LogP contribution in [0.4, 0.5) is 5.95 Å². The van der Waals surface area contributed by atoms with E-state index in [9.17, 15) is 9.90 Å². The van der Waals surface area contributed by atoms with E-state index in [4.69, 9.17) is 4.98 Å². The number of nitrogens with zero attached hydrogens (tertiary/aromatic N) is 4. The number of benzene rings is 2. The van der Waals surface area contributed by atoms with Gasteiger partial charge in [0.05, 0.1) is 11.9 Å². The van der Waals surface area contributed by atoms with Crippen LogP contribution in [0, 0.1) is 0 Å². The Kier molecular flexibility index (Phi) is 5.98. The van der Waals surface area contributed by atoms with Gasteiger partial charge in [-0.25, -0.2) is 15.4 Å². The van der Waals surface area contributed by atoms with Crippen molar-refractivity contribution in [3.05, 3.63) is 71.9 Å². The van der Waals surface area contributed by atoms with Crippen molar-refractivity contribution >= 4 is 18.1 Å². The molecule has 7 heteroatoms. The molecule has 1 saturated heterocycles. The van der Waals surface area contributed by atoms with Crippen LogP contribution >= 0.6 is 0 Å². The standard InChI is InChI=1S/C23H23N5O2/c29-21-12-6-5-11-18(21)16-24-27-22(30)20-15-19(17-9-3-1-4-10-17)25-23(26-20)28-13-7-2-8-14-28/h1,3-6,9-12,15-16,29H,2,7-8,13-14H2,(H,27,30)/b24-16+. The number of carbonyl (C=O) groups excluding carboxylic acids is 1. The van der Waals surface area contributed by atoms with Crippen LogP contribution in [0.5, 0.6) is 5.75 Å². The van der Waals surface area contributed by atoms with Crippen molar-refractivity contribution in [1.82, 2.24) is 15.4 Å². The molecule has 30 heavy (non-hydrogen) atoms. The summed E-state index contributed by atoms with van der Waals surface area (Å²) in [5.74, 6) is 0.224. The van der Waals surface area contributed by atoms with Crippen molar-refractivity contribution in [3.8, 4) is 17.0 Å². The van der Waals surface area contributed by atoms with Crippen LogP contribution in [0.1, 0.15) is 35.3 Å². The zero-order valence-corrected chi connectivity index (χ0v) is 16.5. The van der Waals surface area contributed by atoms with E-state index in [0.717, 1.165) is 31.5 Å². The molecule has 2 aromatic carbocycles. The molecule has 0 spiro atoms. The maximum atomic E-state index is 12.7. The number of para-hydroxylation sites is 1. The van der Waals surface area contributed by atoms with E-state index in [1.807, 2.05) is 30.3 Å². The smallest absolute Gasteiger partial charge is 0.290 e. The van der Waals surface area contributed by atoms with E-state index in [1.165, 1.54) is 12.6 Å². The summed E-state index contributed by atoms with van der Waals surface area (Å²) in [6, 6.07) is 18.2. The van der Waals surface area contributed by atoms with Gasteiger partial charge in [-0.2, -0.15) is 5.10 Å². The molecule has 152 valence electrons. The number of rotatable bonds is 5. The lowest BCUT2D eigenvalue weighted by Gasteiger charge is -2.27. The molecule has 0 unspecified atom stereocenters. The largest absolute Gasteiger partial charge is 0.507 e. The maximum absolute atomic E-state index is 12.7. The highest BCUT2D eigenvalue weighted by Gasteiger charge is 2.18. The summed E-state index contributed by atoms with van der Waals surface area (Å²) in [6.45, 7) is 1.76. The summed E-state index contributed by atoms with van der Waals surface area (Å²) >= 11 is 0. The lowest BCUT2D eigenvalue weighted by atomic mass is 10.1. The highest BCUT2D eigenvalue weighted by molar-refractivity contribution is 5.94. The zero-order valence-electron chi connectivity index (χ0n) is 16.5. The number of aromatic nitrogens is 2. The molecule has 0 radical (unpaired) electrons. The Hall–Kier alpha value is -3.74. The Morgan fingerprint density at radius 1 is 1.00 bits per heavy atom. The fraction of sp³-hybridized carbons (Fsp3) is 0.217. The third-order valence-electron chi connectivity index (χ3n) is 4.96. The first-order chi connectivity index (χ1) is 14.7. The van der Waals surface area contributed by atoms with Gasteiger partial charge in [0.15, 0.2) is 0 Å². The van der Waals surface area contributed by atoms with E-state index < -0.39 is 5.91 Å². The van der Waals surface area contributed by atoms with E-state index in [1.54, 1.807) is 30.3 Å². The second-order valence-corrected chi connectivity index (χ2v) is 7.11. The van der Waals surface area contributed by atoms with Gasteiger partial charge in [-0.1, -0.05) is 42.5 Å². The van der Waals surface area contributed by atoms with Crippen LogP contribution in [0.15, 0.2) is 65.8 Å². The minimum Gasteiger partial charge on any atom is -0.507 e. The molecule has 0 bridgehead atoms. The van der Waals surface area contributed by atoms with Crippen molar-refractivity contribution in [2.75, 3.05) is 18.0 Å². The molecular weight excluding hydrogens is 378 g/mol. The SMILES string of the molecule is O=C(N/N=C/c1ccccc1O)c1cc(-c2ccccc2)nc(N2CCCCC2)n1. The molecule has 3 aromatic rings. The molecule has 1 aromatic heterocycles. The molecule has 0 aliphatic carbocycles. The third-order valence-corrected chi connectivity index (χ3v) is 4.96. The second-order valence-electron chi connectivity index (χ2n) is 7.11. The normalized spacial score (nSPS) is 14.1. The fourth-order valence-electron chi connectivity index (χ4n) is 3.36. The Balaban J connectivity index is 1.60. The van der Waals surface area contributed by atoms with E-state index in [-0.39, 0.29) is 11.4 Å². The van der Waals surface area contributed by atoms with Crippen molar-refractivity contribution < 1.29 is 9.90 Å². The number of hydrogen-bond acceptors (Lipinski definition) is 6. The topological polar surface area (TPSA) is 90.7 Å². The van der Waals surface area contributed by atoms with Gasteiger partial charge in [-0.3, -0.25) is 4.79 Å². The van der Waals surface area contributed by atoms with Gasteiger partial charge < -0.3 is 10.0 Å². The van der Waals surface area contributed by atoms with Crippen molar-refractivity contribution in [1.29, 1.82) is 0 Å². The summed E-state index contributed by atoms with van der Waals surface area (Å²) in [6.07, 6.45) is 4.78. The van der Waals surface area contributed by atoms with Crippen LogP contribution in [-0.2, 0) is 0 Å². The number of piperidine rings is 1. The van der Waals surface area contributed by atoms with Crippen molar-refractivity contribution in [2.45, 2.75) is 19.3 Å². The average molecular weight is 401 g/mol. The highest BCUT2D eigenvalue weighted by Crippen LogP contribution is 2.23. The summed E-state index contributed by atoms with van der Waals surface area (Å²) < 4.78 is 0. The number of phenols is 1. The highest BCUT2D eigenvalue weighted by atomic mass is 16.3. The van der Waals surface area contributed by atoms with Crippen LogP contribution in [0.25, 0.3) is 11.3 Å². The molecule has 0 saturated carbocycles. The summed E-state index contributed by atoms with van der Waals surface area (Å²) in [4.78, 5) is 24.1. The molecular formula is C23H23N5O2.